The molecule has 0 bridgehead atoms. The molecule has 0 saturated carbocycles. The van der Waals surface area contributed by atoms with E-state index in [1.54, 1.807) is 19.2 Å². The van der Waals surface area contributed by atoms with Crippen molar-refractivity contribution in [3.05, 3.63) is 107 Å². The Balaban J connectivity index is 1.69. The molecule has 0 aliphatic rings. The van der Waals surface area contributed by atoms with Crippen LogP contribution in [0.1, 0.15) is 23.7 Å². The molecule has 4 aromatic rings. The van der Waals surface area contributed by atoms with E-state index in [2.05, 4.69) is 9.72 Å². The second-order valence-electron chi connectivity index (χ2n) is 7.65. The lowest BCUT2D eigenvalue weighted by molar-refractivity contribution is 0.130. The third-order valence-electron chi connectivity index (χ3n) is 5.41. The van der Waals surface area contributed by atoms with Gasteiger partial charge in [-0.3, -0.25) is 0 Å². The molecule has 4 rings (SSSR count). The number of benzene rings is 3. The van der Waals surface area contributed by atoms with Crippen molar-refractivity contribution in [2.45, 2.75) is 20.5 Å². The van der Waals surface area contributed by atoms with Gasteiger partial charge < -0.3 is 14.1 Å². The van der Waals surface area contributed by atoms with Gasteiger partial charge in [0.05, 0.1) is 18.5 Å². The number of rotatable bonds is 7. The molecule has 1 aromatic heterocycles. The molecule has 4 nitrogen and oxygen atoms in total. The van der Waals surface area contributed by atoms with Crippen molar-refractivity contribution >= 4 is 17.3 Å². The number of ether oxygens (including phenoxy) is 1. The van der Waals surface area contributed by atoms with E-state index >= 15 is 0 Å². The van der Waals surface area contributed by atoms with Crippen molar-refractivity contribution in [1.29, 1.82) is 0 Å². The highest BCUT2D eigenvalue weighted by molar-refractivity contribution is 6.30. The van der Waals surface area contributed by atoms with Gasteiger partial charge in [0.25, 0.3) is 0 Å². The molecule has 0 saturated heterocycles. The molecule has 0 radical (unpaired) electrons. The first-order valence-electron chi connectivity index (χ1n) is 10.5. The van der Waals surface area contributed by atoms with Gasteiger partial charge in [-0.1, -0.05) is 35.0 Å². The number of halogens is 2. The fraction of sp³-hybridized carbons (Fsp3) is 0.148. The molecule has 6 heteroatoms. The summed E-state index contributed by atoms with van der Waals surface area (Å²) in [5.74, 6) is 0.496. The number of hydrogen-bond donors (Lipinski definition) is 0. The van der Waals surface area contributed by atoms with Crippen molar-refractivity contribution in [2.75, 3.05) is 7.11 Å². The average molecular weight is 463 g/mol. The number of nitrogens with zero attached hydrogens (tertiary/aromatic N) is 2. The maximum atomic E-state index is 13.6. The minimum atomic E-state index is -0.278. The lowest BCUT2D eigenvalue weighted by Crippen LogP contribution is -2.02. The first-order valence-corrected chi connectivity index (χ1v) is 10.9. The molecular weight excluding hydrogens is 439 g/mol. The zero-order valence-electron chi connectivity index (χ0n) is 18.7. The Kier molecular flexibility index (Phi) is 6.80. The monoisotopic (exact) mass is 462 g/mol. The minimum absolute atomic E-state index is 0.278. The van der Waals surface area contributed by atoms with Crippen LogP contribution in [0.3, 0.4) is 0 Å². The molecule has 3 aromatic carbocycles. The molecule has 0 unspecified atom stereocenters. The van der Waals surface area contributed by atoms with E-state index in [0.29, 0.717) is 11.6 Å². The summed E-state index contributed by atoms with van der Waals surface area (Å²) in [6.45, 7) is 4.25. The summed E-state index contributed by atoms with van der Waals surface area (Å²) in [5.41, 5.74) is 6.31. The van der Waals surface area contributed by atoms with Crippen molar-refractivity contribution in [2.24, 2.45) is 5.16 Å². The second-order valence-corrected chi connectivity index (χ2v) is 8.09. The molecule has 168 valence electrons. The van der Waals surface area contributed by atoms with Gasteiger partial charge in [-0.15, -0.1) is 0 Å². The van der Waals surface area contributed by atoms with Crippen LogP contribution < -0.4 is 4.74 Å². The number of aromatic nitrogens is 1. The van der Waals surface area contributed by atoms with Crippen LogP contribution in [-0.4, -0.2) is 17.4 Å². The van der Waals surface area contributed by atoms with Gasteiger partial charge >= 0.3 is 0 Å². The summed E-state index contributed by atoms with van der Waals surface area (Å²) in [6, 6.07) is 23.8. The molecule has 1 heterocycles. The standard InChI is InChI=1S/C27H24ClFN2O2/c1-18(30-33-17-20-6-4-9-25(14-20)32-3)26-16-27(21-10-12-23(29)13-11-21)31(19(26)2)24-8-5-7-22(28)15-24/h4-16H,17H2,1-3H3. The Hall–Kier alpha value is -3.57. The van der Waals surface area contributed by atoms with Crippen LogP contribution in [0.15, 0.2) is 84.0 Å². The van der Waals surface area contributed by atoms with E-state index in [1.807, 2.05) is 68.4 Å². The SMILES string of the molecule is COc1cccc(CON=C(C)c2cc(-c3ccc(F)cc3)n(-c3cccc(Cl)c3)c2C)c1. The molecule has 0 aliphatic heterocycles. The summed E-state index contributed by atoms with van der Waals surface area (Å²) in [4.78, 5) is 5.64. The summed E-state index contributed by atoms with van der Waals surface area (Å²) in [6.07, 6.45) is 0. The molecule has 0 aliphatic carbocycles. The maximum Gasteiger partial charge on any atom is 0.142 e. The minimum Gasteiger partial charge on any atom is -0.497 e. The number of hydrogen-bond acceptors (Lipinski definition) is 3. The summed E-state index contributed by atoms with van der Waals surface area (Å²) >= 11 is 6.27. The molecule has 0 amide bonds. The van der Waals surface area contributed by atoms with E-state index in [-0.39, 0.29) is 5.82 Å². The predicted molar refractivity (Wildman–Crippen MR) is 131 cm³/mol. The third kappa shape index (κ3) is 5.10. The van der Waals surface area contributed by atoms with Crippen LogP contribution in [0.25, 0.3) is 16.9 Å². The summed E-state index contributed by atoms with van der Waals surface area (Å²) in [7, 11) is 1.63. The number of oxime groups is 1. The molecule has 0 spiro atoms. The van der Waals surface area contributed by atoms with Crippen LogP contribution in [0.4, 0.5) is 4.39 Å². The Bertz CT molecular complexity index is 1300. The zero-order valence-corrected chi connectivity index (χ0v) is 19.4. The highest BCUT2D eigenvalue weighted by atomic mass is 35.5. The number of methoxy groups -OCH3 is 1. The fourth-order valence-corrected chi connectivity index (χ4v) is 3.95. The van der Waals surface area contributed by atoms with E-state index in [0.717, 1.165) is 45.2 Å². The highest BCUT2D eigenvalue weighted by Crippen LogP contribution is 2.31. The fourth-order valence-electron chi connectivity index (χ4n) is 3.77. The largest absolute Gasteiger partial charge is 0.497 e. The van der Waals surface area contributed by atoms with E-state index in [1.165, 1.54) is 12.1 Å². The summed E-state index contributed by atoms with van der Waals surface area (Å²) < 4.78 is 20.9. The molecule has 0 N–H and O–H groups in total. The van der Waals surface area contributed by atoms with Crippen LogP contribution in [0, 0.1) is 12.7 Å². The average Bonchev–Trinajstić information content (AvgIpc) is 3.16. The highest BCUT2D eigenvalue weighted by Gasteiger charge is 2.17. The smallest absolute Gasteiger partial charge is 0.142 e. The van der Waals surface area contributed by atoms with Crippen molar-refractivity contribution < 1.29 is 14.0 Å². The second kappa shape index (κ2) is 9.92. The van der Waals surface area contributed by atoms with E-state index in [4.69, 9.17) is 21.2 Å². The summed E-state index contributed by atoms with van der Waals surface area (Å²) in [5, 5.41) is 4.99. The van der Waals surface area contributed by atoms with Crippen LogP contribution in [-0.2, 0) is 11.4 Å². The Morgan fingerprint density at radius 2 is 1.76 bits per heavy atom. The molecule has 33 heavy (non-hydrogen) atoms. The molecule has 0 fully saturated rings. The first kappa shape index (κ1) is 22.6. The Labute approximate surface area is 197 Å². The van der Waals surface area contributed by atoms with Gasteiger partial charge in [0.15, 0.2) is 0 Å². The molecular formula is C27H24ClFN2O2. The van der Waals surface area contributed by atoms with Crippen LogP contribution in [0.2, 0.25) is 5.02 Å². The quantitative estimate of drug-likeness (QED) is 0.215. The normalized spacial score (nSPS) is 11.5. The molecule has 0 atom stereocenters. The van der Waals surface area contributed by atoms with Gasteiger partial charge in [0, 0.05) is 22.0 Å². The van der Waals surface area contributed by atoms with E-state index in [9.17, 15) is 4.39 Å². The van der Waals surface area contributed by atoms with Gasteiger partial charge in [-0.25, -0.2) is 4.39 Å². The lowest BCUT2D eigenvalue weighted by Gasteiger charge is -2.13. The topological polar surface area (TPSA) is 35.8 Å². The van der Waals surface area contributed by atoms with E-state index < -0.39 is 0 Å². The lowest BCUT2D eigenvalue weighted by atomic mass is 10.1. The van der Waals surface area contributed by atoms with Crippen LogP contribution >= 0.6 is 11.6 Å². The van der Waals surface area contributed by atoms with Crippen molar-refractivity contribution in [3.63, 3.8) is 0 Å². The van der Waals surface area contributed by atoms with Crippen LogP contribution in [0.5, 0.6) is 5.75 Å². The van der Waals surface area contributed by atoms with Gasteiger partial charge in [0.1, 0.15) is 18.2 Å². The Morgan fingerprint density at radius 3 is 2.48 bits per heavy atom. The maximum absolute atomic E-state index is 13.6. The predicted octanol–water partition coefficient (Wildman–Crippen LogP) is 7.19. The Morgan fingerprint density at radius 1 is 1.00 bits per heavy atom. The van der Waals surface area contributed by atoms with Gasteiger partial charge in [0.2, 0.25) is 0 Å². The zero-order chi connectivity index (χ0) is 23.4. The first-order chi connectivity index (χ1) is 16.0. The third-order valence-corrected chi connectivity index (χ3v) is 5.65. The van der Waals surface area contributed by atoms with Gasteiger partial charge in [-0.2, -0.15) is 0 Å². The van der Waals surface area contributed by atoms with Gasteiger partial charge in [-0.05, 0) is 85.6 Å². The van der Waals surface area contributed by atoms with Crippen molar-refractivity contribution in [3.8, 4) is 22.7 Å². The van der Waals surface area contributed by atoms with Crippen molar-refractivity contribution in [1.82, 2.24) is 4.57 Å².